The van der Waals surface area contributed by atoms with Gasteiger partial charge in [-0.15, -0.1) is 0 Å². The van der Waals surface area contributed by atoms with Gasteiger partial charge in [-0.05, 0) is 41.7 Å². The molecule has 4 rings (SSSR count). The molecule has 0 radical (unpaired) electrons. The molecule has 3 aromatic carbocycles. The molecule has 0 unspecified atom stereocenters. The zero-order valence-corrected chi connectivity index (χ0v) is 24.0. The predicted molar refractivity (Wildman–Crippen MR) is 155 cm³/mol. The first kappa shape index (κ1) is 29.7. The highest BCUT2D eigenvalue weighted by Gasteiger charge is 2.34. The molecule has 2 amide bonds. The van der Waals surface area contributed by atoms with E-state index >= 15 is 0 Å². The number of ether oxygens (including phenoxy) is 1. The van der Waals surface area contributed by atoms with Crippen molar-refractivity contribution < 1.29 is 22.7 Å². The summed E-state index contributed by atoms with van der Waals surface area (Å²) in [6.07, 6.45) is 2.79. The van der Waals surface area contributed by atoms with Crippen molar-refractivity contribution in [2.45, 2.75) is 38.1 Å². The van der Waals surface area contributed by atoms with Gasteiger partial charge in [-0.1, -0.05) is 84.4 Å². The number of hydrogen-bond acceptors (Lipinski definition) is 5. The second kappa shape index (κ2) is 13.9. The SMILES string of the molecule is CS(=O)(=O)N(CC(=O)N(Cc1ccc(Cl)cc1)[C@H](C(=O)NC[C@H]1CCCO1)c1ccccc1)Cc1ccccc1. The van der Waals surface area contributed by atoms with Crippen LogP contribution in [0.5, 0.6) is 0 Å². The maximum absolute atomic E-state index is 14.0. The van der Waals surface area contributed by atoms with Gasteiger partial charge in [-0.2, -0.15) is 4.31 Å². The molecule has 1 N–H and O–H groups in total. The van der Waals surface area contributed by atoms with Crippen LogP contribution < -0.4 is 5.32 Å². The largest absolute Gasteiger partial charge is 0.376 e. The van der Waals surface area contributed by atoms with Crippen LogP contribution in [-0.2, 0) is 37.4 Å². The Morgan fingerprint density at radius 3 is 2.17 bits per heavy atom. The van der Waals surface area contributed by atoms with Crippen LogP contribution in [0.25, 0.3) is 0 Å². The van der Waals surface area contributed by atoms with Crippen LogP contribution >= 0.6 is 11.6 Å². The number of benzene rings is 3. The molecule has 10 heteroatoms. The number of nitrogens with one attached hydrogen (secondary N) is 1. The molecule has 3 aromatic rings. The van der Waals surface area contributed by atoms with E-state index in [-0.39, 0.29) is 25.1 Å². The number of carbonyl (C=O) groups is 2. The quantitative estimate of drug-likeness (QED) is 0.345. The van der Waals surface area contributed by atoms with E-state index < -0.39 is 28.5 Å². The molecule has 1 fully saturated rings. The number of carbonyl (C=O) groups excluding carboxylic acids is 2. The molecule has 212 valence electrons. The van der Waals surface area contributed by atoms with Gasteiger partial charge < -0.3 is 15.0 Å². The average molecular weight is 584 g/mol. The molecule has 40 heavy (non-hydrogen) atoms. The second-order valence-electron chi connectivity index (χ2n) is 9.86. The van der Waals surface area contributed by atoms with E-state index in [9.17, 15) is 18.0 Å². The van der Waals surface area contributed by atoms with Crippen LogP contribution in [0.3, 0.4) is 0 Å². The zero-order valence-electron chi connectivity index (χ0n) is 22.4. The molecule has 8 nitrogen and oxygen atoms in total. The lowest BCUT2D eigenvalue weighted by Crippen LogP contribution is -2.48. The van der Waals surface area contributed by atoms with E-state index in [0.717, 1.165) is 34.5 Å². The molecule has 0 saturated carbocycles. The van der Waals surface area contributed by atoms with Crippen molar-refractivity contribution in [1.82, 2.24) is 14.5 Å². The van der Waals surface area contributed by atoms with Crippen LogP contribution in [0.15, 0.2) is 84.9 Å². The molecule has 0 bridgehead atoms. The van der Waals surface area contributed by atoms with Crippen molar-refractivity contribution in [3.63, 3.8) is 0 Å². The predicted octanol–water partition coefficient (Wildman–Crippen LogP) is 4.17. The monoisotopic (exact) mass is 583 g/mol. The molecule has 1 aliphatic rings. The van der Waals surface area contributed by atoms with Crippen molar-refractivity contribution in [1.29, 1.82) is 0 Å². The molecular weight excluding hydrogens is 550 g/mol. The number of halogens is 1. The third-order valence-electron chi connectivity index (χ3n) is 6.77. The summed E-state index contributed by atoms with van der Waals surface area (Å²) in [7, 11) is -3.75. The maximum atomic E-state index is 14.0. The molecule has 0 aliphatic carbocycles. The number of amides is 2. The fourth-order valence-electron chi connectivity index (χ4n) is 4.65. The molecule has 0 spiro atoms. The molecule has 1 aliphatic heterocycles. The fraction of sp³-hybridized carbons (Fsp3) is 0.333. The minimum atomic E-state index is -3.75. The Balaban J connectivity index is 1.67. The highest BCUT2D eigenvalue weighted by Crippen LogP contribution is 2.26. The van der Waals surface area contributed by atoms with E-state index in [1.165, 1.54) is 4.90 Å². The van der Waals surface area contributed by atoms with Gasteiger partial charge in [0.05, 0.1) is 18.9 Å². The summed E-state index contributed by atoms with van der Waals surface area (Å²) in [5.41, 5.74) is 2.11. The van der Waals surface area contributed by atoms with E-state index in [1.807, 2.05) is 24.3 Å². The third-order valence-corrected chi connectivity index (χ3v) is 8.22. The Bertz CT molecular complexity index is 1370. The molecule has 2 atom stereocenters. The topological polar surface area (TPSA) is 96.0 Å². The lowest BCUT2D eigenvalue weighted by molar-refractivity contribution is -0.142. The Kier molecular flexibility index (Phi) is 10.3. The minimum absolute atomic E-state index is 0.0292. The van der Waals surface area contributed by atoms with E-state index in [4.69, 9.17) is 16.3 Å². The van der Waals surface area contributed by atoms with Gasteiger partial charge in [-0.25, -0.2) is 8.42 Å². The van der Waals surface area contributed by atoms with Crippen LogP contribution in [0.1, 0.15) is 35.6 Å². The van der Waals surface area contributed by atoms with Gasteiger partial charge in [0.2, 0.25) is 21.8 Å². The highest BCUT2D eigenvalue weighted by molar-refractivity contribution is 7.88. The fourth-order valence-corrected chi connectivity index (χ4v) is 5.51. The summed E-state index contributed by atoms with van der Waals surface area (Å²) in [4.78, 5) is 29.2. The summed E-state index contributed by atoms with van der Waals surface area (Å²) in [5, 5.41) is 3.51. The zero-order chi connectivity index (χ0) is 28.5. The van der Waals surface area contributed by atoms with Crippen molar-refractivity contribution in [3.8, 4) is 0 Å². The van der Waals surface area contributed by atoms with Crippen LogP contribution in [-0.4, -0.2) is 61.5 Å². The normalized spacial score (nSPS) is 16.0. The minimum Gasteiger partial charge on any atom is -0.376 e. The summed E-state index contributed by atoms with van der Waals surface area (Å²) >= 11 is 6.09. The summed E-state index contributed by atoms with van der Waals surface area (Å²) in [6, 6.07) is 24.1. The molecule has 0 aromatic heterocycles. The second-order valence-corrected chi connectivity index (χ2v) is 12.3. The van der Waals surface area contributed by atoms with E-state index in [1.54, 1.807) is 60.7 Å². The Labute approximate surface area is 240 Å². The van der Waals surface area contributed by atoms with Gasteiger partial charge in [0.15, 0.2) is 0 Å². The lowest BCUT2D eigenvalue weighted by Gasteiger charge is -2.33. The van der Waals surface area contributed by atoms with E-state index in [0.29, 0.717) is 23.7 Å². The molecule has 1 heterocycles. The van der Waals surface area contributed by atoms with Gasteiger partial charge >= 0.3 is 0 Å². The van der Waals surface area contributed by atoms with Crippen LogP contribution in [0.4, 0.5) is 0 Å². The summed E-state index contributed by atoms with van der Waals surface area (Å²) in [5.74, 6) is -0.865. The Morgan fingerprint density at radius 1 is 0.950 bits per heavy atom. The number of nitrogens with zero attached hydrogens (tertiary/aromatic N) is 2. The smallest absolute Gasteiger partial charge is 0.247 e. The lowest BCUT2D eigenvalue weighted by atomic mass is 10.0. The third kappa shape index (κ3) is 8.38. The maximum Gasteiger partial charge on any atom is 0.247 e. The average Bonchev–Trinajstić information content (AvgIpc) is 3.47. The Hall–Kier alpha value is -3.24. The first-order valence-electron chi connectivity index (χ1n) is 13.2. The first-order valence-corrected chi connectivity index (χ1v) is 15.4. The highest BCUT2D eigenvalue weighted by atomic mass is 35.5. The number of hydrogen-bond donors (Lipinski definition) is 1. The molecular formula is C30H34ClN3O5S. The van der Waals surface area contributed by atoms with E-state index in [2.05, 4.69) is 5.32 Å². The first-order chi connectivity index (χ1) is 19.2. The van der Waals surface area contributed by atoms with Crippen LogP contribution in [0.2, 0.25) is 5.02 Å². The summed E-state index contributed by atoms with van der Waals surface area (Å²) in [6.45, 7) is 0.665. The van der Waals surface area contributed by atoms with Gasteiger partial charge in [0.25, 0.3) is 0 Å². The van der Waals surface area contributed by atoms with Gasteiger partial charge in [-0.3, -0.25) is 9.59 Å². The van der Waals surface area contributed by atoms with Crippen LogP contribution in [0, 0.1) is 0 Å². The summed E-state index contributed by atoms with van der Waals surface area (Å²) < 4.78 is 32.3. The van der Waals surface area contributed by atoms with Gasteiger partial charge in [0, 0.05) is 31.3 Å². The van der Waals surface area contributed by atoms with Crippen molar-refractivity contribution in [3.05, 3.63) is 107 Å². The number of rotatable bonds is 12. The van der Waals surface area contributed by atoms with Gasteiger partial charge in [0.1, 0.15) is 6.04 Å². The molecule has 1 saturated heterocycles. The standard InChI is InChI=1S/C30H34ClN3O5S/c1-40(37,38)33(20-23-9-4-2-5-10-23)22-28(35)34(21-24-14-16-26(31)17-15-24)29(25-11-6-3-7-12-25)30(36)32-19-27-13-8-18-39-27/h2-7,9-12,14-17,27,29H,8,13,18-22H2,1H3,(H,32,36)/t27-,29+/m1/s1. The van der Waals surface area contributed by atoms with Crippen molar-refractivity contribution in [2.75, 3.05) is 26.0 Å². The Morgan fingerprint density at radius 2 is 1.57 bits per heavy atom. The number of sulfonamides is 1. The van der Waals surface area contributed by atoms with Crippen molar-refractivity contribution in [2.24, 2.45) is 0 Å². The van der Waals surface area contributed by atoms with Crippen molar-refractivity contribution >= 4 is 33.4 Å².